The molecule has 0 fully saturated rings. The van der Waals surface area contributed by atoms with Crippen molar-refractivity contribution in [3.05, 3.63) is 23.2 Å². The van der Waals surface area contributed by atoms with Gasteiger partial charge in [0, 0.05) is 11.3 Å². The second-order valence-electron chi connectivity index (χ2n) is 3.76. The van der Waals surface area contributed by atoms with Crippen molar-refractivity contribution in [1.82, 2.24) is 0 Å². The maximum Gasteiger partial charge on any atom is 0.247 e. The van der Waals surface area contributed by atoms with E-state index in [0.717, 1.165) is 11.8 Å². The molecule has 1 rings (SSSR count). The van der Waals surface area contributed by atoms with E-state index < -0.39 is 6.43 Å². The third kappa shape index (κ3) is 6.74. The summed E-state index contributed by atoms with van der Waals surface area (Å²) >= 11 is 6.89. The molecule has 1 aromatic carbocycles. The highest BCUT2D eigenvalue weighted by Gasteiger charge is 2.13. The van der Waals surface area contributed by atoms with E-state index >= 15 is 0 Å². The molecule has 0 saturated heterocycles. The number of rotatable bonds is 7. The minimum absolute atomic E-state index is 0. The molecule has 20 heavy (non-hydrogen) atoms. The molecule has 0 saturated carbocycles. The Morgan fingerprint density at radius 1 is 1.45 bits per heavy atom. The minimum Gasteiger partial charge on any atom is -0.330 e. The lowest BCUT2D eigenvalue weighted by molar-refractivity contribution is -0.116. The lowest BCUT2D eigenvalue weighted by Gasteiger charge is -2.12. The number of anilines is 1. The largest absolute Gasteiger partial charge is 0.330 e. The van der Waals surface area contributed by atoms with E-state index in [2.05, 4.69) is 5.32 Å². The smallest absolute Gasteiger partial charge is 0.247 e. The SMILES string of the molecule is Cl.NCCCC(=O)Nc1cccc(Cl)c1SCC(F)F. The maximum atomic E-state index is 12.2. The Morgan fingerprint density at radius 3 is 2.75 bits per heavy atom. The first-order valence-corrected chi connectivity index (χ1v) is 7.10. The zero-order valence-corrected chi connectivity index (χ0v) is 13.0. The van der Waals surface area contributed by atoms with Gasteiger partial charge in [0.15, 0.2) is 0 Å². The van der Waals surface area contributed by atoms with E-state index in [1.54, 1.807) is 18.2 Å². The van der Waals surface area contributed by atoms with Crippen LogP contribution in [-0.2, 0) is 4.79 Å². The second-order valence-corrected chi connectivity index (χ2v) is 5.20. The molecule has 0 spiro atoms. The van der Waals surface area contributed by atoms with E-state index in [1.165, 1.54) is 0 Å². The van der Waals surface area contributed by atoms with Gasteiger partial charge in [-0.25, -0.2) is 8.78 Å². The number of carbonyl (C=O) groups excluding carboxylic acids is 1. The van der Waals surface area contributed by atoms with Crippen LogP contribution in [0.4, 0.5) is 14.5 Å². The highest BCUT2D eigenvalue weighted by atomic mass is 35.5. The first kappa shape index (κ1) is 19.4. The molecule has 0 unspecified atom stereocenters. The number of nitrogens with one attached hydrogen (secondary N) is 1. The van der Waals surface area contributed by atoms with Crippen molar-refractivity contribution in [3.63, 3.8) is 0 Å². The Kier molecular flexibility index (Phi) is 9.92. The van der Waals surface area contributed by atoms with Crippen molar-refractivity contribution in [2.24, 2.45) is 5.73 Å². The molecular weight excluding hydrogens is 329 g/mol. The number of nitrogens with two attached hydrogens (primary N) is 1. The van der Waals surface area contributed by atoms with Crippen LogP contribution >= 0.6 is 35.8 Å². The molecule has 0 aliphatic heterocycles. The highest BCUT2D eigenvalue weighted by molar-refractivity contribution is 7.99. The van der Waals surface area contributed by atoms with Crippen LogP contribution in [0.25, 0.3) is 0 Å². The molecule has 1 aromatic rings. The molecule has 1 amide bonds. The Bertz CT molecular complexity index is 436. The van der Waals surface area contributed by atoms with Crippen LogP contribution in [-0.4, -0.2) is 24.6 Å². The van der Waals surface area contributed by atoms with Crippen LogP contribution in [0.1, 0.15) is 12.8 Å². The molecule has 3 nitrogen and oxygen atoms in total. The van der Waals surface area contributed by atoms with Gasteiger partial charge < -0.3 is 11.1 Å². The van der Waals surface area contributed by atoms with E-state index in [9.17, 15) is 13.6 Å². The summed E-state index contributed by atoms with van der Waals surface area (Å²) in [5.74, 6) is -0.568. The quantitative estimate of drug-likeness (QED) is 0.739. The number of alkyl halides is 2. The molecule has 0 bridgehead atoms. The second kappa shape index (κ2) is 10.2. The van der Waals surface area contributed by atoms with E-state index in [0.29, 0.717) is 35.0 Å². The fourth-order valence-corrected chi connectivity index (χ4v) is 2.49. The van der Waals surface area contributed by atoms with Crippen LogP contribution in [0.5, 0.6) is 0 Å². The van der Waals surface area contributed by atoms with Crippen molar-refractivity contribution in [2.75, 3.05) is 17.6 Å². The lowest BCUT2D eigenvalue weighted by atomic mass is 10.2. The molecule has 0 radical (unpaired) electrons. The summed E-state index contributed by atoms with van der Waals surface area (Å²) < 4.78 is 24.5. The van der Waals surface area contributed by atoms with Gasteiger partial charge in [-0.1, -0.05) is 17.7 Å². The molecular formula is C12H16Cl2F2N2OS. The summed E-state index contributed by atoms with van der Waals surface area (Å²) in [6.45, 7) is 0.427. The minimum atomic E-state index is -2.43. The number of carbonyl (C=O) groups is 1. The average molecular weight is 345 g/mol. The van der Waals surface area contributed by atoms with E-state index in [-0.39, 0.29) is 24.1 Å². The van der Waals surface area contributed by atoms with Gasteiger partial charge in [0.05, 0.1) is 16.5 Å². The summed E-state index contributed by atoms with van der Waals surface area (Å²) in [6.07, 6.45) is -1.56. The normalized spacial score (nSPS) is 10.2. The predicted molar refractivity (Wildman–Crippen MR) is 82.3 cm³/mol. The zero-order chi connectivity index (χ0) is 14.3. The summed E-state index contributed by atoms with van der Waals surface area (Å²) in [7, 11) is 0. The molecule has 0 heterocycles. The van der Waals surface area contributed by atoms with Gasteiger partial charge in [-0.2, -0.15) is 0 Å². The van der Waals surface area contributed by atoms with Crippen LogP contribution in [0, 0.1) is 0 Å². The number of amides is 1. The maximum absolute atomic E-state index is 12.2. The van der Waals surface area contributed by atoms with Gasteiger partial charge in [0.1, 0.15) is 0 Å². The van der Waals surface area contributed by atoms with Crippen molar-refractivity contribution in [2.45, 2.75) is 24.2 Å². The number of hydrogen-bond acceptors (Lipinski definition) is 3. The van der Waals surface area contributed by atoms with Crippen LogP contribution in [0.15, 0.2) is 23.1 Å². The van der Waals surface area contributed by atoms with Crippen molar-refractivity contribution in [3.8, 4) is 0 Å². The van der Waals surface area contributed by atoms with Crippen molar-refractivity contribution in [1.29, 1.82) is 0 Å². The molecule has 0 aliphatic rings. The van der Waals surface area contributed by atoms with Gasteiger partial charge in [0.25, 0.3) is 0 Å². The van der Waals surface area contributed by atoms with Crippen molar-refractivity contribution < 1.29 is 13.6 Å². The summed E-state index contributed by atoms with van der Waals surface area (Å²) in [4.78, 5) is 12.1. The number of thioether (sulfide) groups is 1. The standard InChI is InChI=1S/C12H15ClF2N2OS.ClH/c13-8-3-1-4-9(12(8)19-7-10(14)15)17-11(18)5-2-6-16;/h1,3-4,10H,2,5-7,16H2,(H,17,18);1H. The van der Waals surface area contributed by atoms with Gasteiger partial charge >= 0.3 is 0 Å². The van der Waals surface area contributed by atoms with Gasteiger partial charge in [-0.15, -0.1) is 24.2 Å². The Hall–Kier alpha value is -0.560. The van der Waals surface area contributed by atoms with Crippen LogP contribution < -0.4 is 11.1 Å². The predicted octanol–water partition coefficient (Wildman–Crippen LogP) is 3.80. The third-order valence-electron chi connectivity index (χ3n) is 2.20. The summed E-state index contributed by atoms with van der Waals surface area (Å²) in [6, 6.07) is 4.90. The van der Waals surface area contributed by atoms with Crippen LogP contribution in [0.3, 0.4) is 0 Å². The molecule has 3 N–H and O–H groups in total. The molecule has 0 atom stereocenters. The summed E-state index contributed by atoms with van der Waals surface area (Å²) in [5.41, 5.74) is 5.78. The lowest BCUT2D eigenvalue weighted by Crippen LogP contribution is -2.14. The Balaban J connectivity index is 0.00000361. The zero-order valence-electron chi connectivity index (χ0n) is 10.6. The molecule has 0 aliphatic carbocycles. The first-order chi connectivity index (χ1) is 9.04. The monoisotopic (exact) mass is 344 g/mol. The first-order valence-electron chi connectivity index (χ1n) is 5.74. The van der Waals surface area contributed by atoms with Gasteiger partial charge in [-0.3, -0.25) is 4.79 Å². The number of hydrogen-bond donors (Lipinski definition) is 2. The van der Waals surface area contributed by atoms with Crippen LogP contribution in [0.2, 0.25) is 5.02 Å². The molecule has 0 aromatic heterocycles. The topological polar surface area (TPSA) is 55.1 Å². The summed E-state index contributed by atoms with van der Waals surface area (Å²) in [5, 5.41) is 3.01. The third-order valence-corrected chi connectivity index (χ3v) is 3.78. The van der Waals surface area contributed by atoms with E-state index in [1.807, 2.05) is 0 Å². The van der Waals surface area contributed by atoms with Crippen molar-refractivity contribution >= 4 is 47.4 Å². The Labute approximate surface area is 132 Å². The van der Waals surface area contributed by atoms with Gasteiger partial charge in [-0.05, 0) is 25.1 Å². The highest BCUT2D eigenvalue weighted by Crippen LogP contribution is 2.35. The average Bonchev–Trinajstić information content (AvgIpc) is 2.35. The Morgan fingerprint density at radius 2 is 2.15 bits per heavy atom. The fraction of sp³-hybridized carbons (Fsp3) is 0.417. The molecule has 8 heteroatoms. The van der Waals surface area contributed by atoms with Gasteiger partial charge in [0.2, 0.25) is 12.3 Å². The van der Waals surface area contributed by atoms with E-state index in [4.69, 9.17) is 17.3 Å². The number of benzene rings is 1. The fourth-order valence-electron chi connectivity index (χ4n) is 1.38. The molecule has 114 valence electrons. The number of halogens is 4.